The molecule has 0 bridgehead atoms. The first-order valence-electron chi connectivity index (χ1n) is 4.41. The summed E-state index contributed by atoms with van der Waals surface area (Å²) in [7, 11) is -3.76. The van der Waals surface area contributed by atoms with Crippen LogP contribution in [-0.2, 0) is 20.5 Å². The molecule has 1 rings (SSSR count). The van der Waals surface area contributed by atoms with Crippen LogP contribution < -0.4 is 4.72 Å². The number of sulfonamides is 1. The van der Waals surface area contributed by atoms with Gasteiger partial charge in [0.1, 0.15) is 0 Å². The summed E-state index contributed by atoms with van der Waals surface area (Å²) in [6.45, 7) is 1.00. The molecule has 0 aliphatic rings. The lowest BCUT2D eigenvalue weighted by atomic mass is 9.98. The fraction of sp³-hybridized carbons (Fsp3) is 0.300. The Morgan fingerprint density at radius 1 is 1.44 bits per heavy atom. The van der Waals surface area contributed by atoms with E-state index >= 15 is 0 Å². The lowest BCUT2D eigenvalue weighted by molar-refractivity contribution is -0.130. The molecule has 0 aliphatic carbocycles. The number of carbonyl (C=O) groups excluding carboxylic acids is 1. The van der Waals surface area contributed by atoms with Gasteiger partial charge in [0.05, 0.1) is 6.26 Å². The van der Waals surface area contributed by atoms with E-state index in [1.807, 2.05) is 0 Å². The number of hydrogen-bond donors (Lipinski definition) is 1. The highest BCUT2D eigenvalue weighted by molar-refractivity contribution is 7.89. The van der Waals surface area contributed by atoms with E-state index in [9.17, 15) is 17.6 Å². The number of amides is 1. The highest BCUT2D eigenvalue weighted by atomic mass is 32.2. The Hall–Kier alpha value is -1.43. The molecule has 1 atom stereocenters. The normalized spacial score (nSPS) is 15.2. The maximum Gasteiger partial charge on any atom is 0.275 e. The van der Waals surface area contributed by atoms with Crippen LogP contribution in [0.1, 0.15) is 12.5 Å². The van der Waals surface area contributed by atoms with Crippen LogP contribution in [0.15, 0.2) is 24.3 Å². The van der Waals surface area contributed by atoms with Gasteiger partial charge in [0.2, 0.25) is 15.7 Å². The summed E-state index contributed by atoms with van der Waals surface area (Å²) in [5.74, 6) is -1.21. The fourth-order valence-corrected chi connectivity index (χ4v) is 1.62. The molecule has 87 valence electrons. The number of nitrogens with one attached hydrogen (secondary N) is 1. The van der Waals surface area contributed by atoms with E-state index in [2.05, 4.69) is 6.07 Å². The maximum atomic E-state index is 14.1. The molecule has 0 spiro atoms. The van der Waals surface area contributed by atoms with Crippen LogP contribution in [0.25, 0.3) is 0 Å². The first-order chi connectivity index (χ1) is 7.23. The smallest absolute Gasteiger partial charge is 0.270 e. The minimum Gasteiger partial charge on any atom is -0.270 e. The van der Waals surface area contributed by atoms with Gasteiger partial charge < -0.3 is 0 Å². The summed E-state index contributed by atoms with van der Waals surface area (Å²) in [6, 6.07) is 8.29. The molecule has 1 aromatic rings. The van der Waals surface area contributed by atoms with Crippen LogP contribution in [0, 0.1) is 6.07 Å². The Balaban J connectivity index is 2.99. The zero-order valence-corrected chi connectivity index (χ0v) is 9.64. The van der Waals surface area contributed by atoms with Crippen LogP contribution in [0.2, 0.25) is 0 Å². The van der Waals surface area contributed by atoms with E-state index in [0.29, 0.717) is 0 Å². The first-order valence-corrected chi connectivity index (χ1v) is 6.30. The predicted molar refractivity (Wildman–Crippen MR) is 56.7 cm³/mol. The number of halogens is 1. The summed E-state index contributed by atoms with van der Waals surface area (Å²) in [4.78, 5) is 11.4. The largest absolute Gasteiger partial charge is 0.275 e. The van der Waals surface area contributed by atoms with Crippen molar-refractivity contribution in [3.63, 3.8) is 0 Å². The third kappa shape index (κ3) is 3.03. The number of alkyl halides is 1. The highest BCUT2D eigenvalue weighted by Gasteiger charge is 2.36. The third-order valence-electron chi connectivity index (χ3n) is 1.96. The Morgan fingerprint density at radius 3 is 2.38 bits per heavy atom. The van der Waals surface area contributed by atoms with E-state index in [0.717, 1.165) is 13.2 Å². The minimum atomic E-state index is -3.76. The van der Waals surface area contributed by atoms with Gasteiger partial charge in [-0.3, -0.25) is 9.52 Å². The molecule has 1 N–H and O–H groups in total. The van der Waals surface area contributed by atoms with Gasteiger partial charge in [0.15, 0.2) is 0 Å². The van der Waals surface area contributed by atoms with Crippen molar-refractivity contribution in [1.29, 1.82) is 0 Å². The van der Waals surface area contributed by atoms with Crippen molar-refractivity contribution in [3.05, 3.63) is 35.9 Å². The summed E-state index contributed by atoms with van der Waals surface area (Å²) in [5.41, 5.74) is -2.31. The lowest BCUT2D eigenvalue weighted by Crippen LogP contribution is -2.41. The molecular weight excluding hydrogens is 233 g/mol. The summed E-state index contributed by atoms with van der Waals surface area (Å²) in [5, 5.41) is 0. The lowest BCUT2D eigenvalue weighted by Gasteiger charge is -2.19. The molecule has 6 heteroatoms. The van der Waals surface area contributed by atoms with Gasteiger partial charge in [-0.2, -0.15) is 0 Å². The van der Waals surface area contributed by atoms with Gasteiger partial charge >= 0.3 is 0 Å². The topological polar surface area (TPSA) is 63.2 Å². The number of carbonyl (C=O) groups is 1. The van der Waals surface area contributed by atoms with Gasteiger partial charge in [0.25, 0.3) is 5.91 Å². The quantitative estimate of drug-likeness (QED) is 0.853. The van der Waals surface area contributed by atoms with Crippen molar-refractivity contribution in [2.24, 2.45) is 0 Å². The summed E-state index contributed by atoms with van der Waals surface area (Å²) in [6.07, 6.45) is 0.791. The van der Waals surface area contributed by atoms with Crippen molar-refractivity contribution in [1.82, 2.24) is 4.72 Å². The average molecular weight is 244 g/mol. The zero-order chi connectivity index (χ0) is 12.4. The molecule has 0 saturated carbocycles. The third-order valence-corrected chi connectivity index (χ3v) is 2.52. The van der Waals surface area contributed by atoms with Crippen LogP contribution in [0.5, 0.6) is 0 Å². The van der Waals surface area contributed by atoms with Crippen LogP contribution in [-0.4, -0.2) is 20.6 Å². The molecule has 0 unspecified atom stereocenters. The number of benzene rings is 1. The zero-order valence-electron chi connectivity index (χ0n) is 8.82. The molecule has 4 nitrogen and oxygen atoms in total. The number of hydrogen-bond acceptors (Lipinski definition) is 3. The van der Waals surface area contributed by atoms with E-state index in [4.69, 9.17) is 0 Å². The van der Waals surface area contributed by atoms with E-state index in [-0.39, 0.29) is 5.56 Å². The average Bonchev–Trinajstić information content (AvgIpc) is 2.16. The molecule has 1 amide bonds. The van der Waals surface area contributed by atoms with Crippen molar-refractivity contribution < 1.29 is 17.6 Å². The van der Waals surface area contributed by atoms with Crippen molar-refractivity contribution >= 4 is 15.9 Å². The summed E-state index contributed by atoms with van der Waals surface area (Å²) >= 11 is 0. The monoisotopic (exact) mass is 244 g/mol. The standard InChI is InChI=1S/C10H11FNO3S/c1-10(11,8-6-4-3-5-7-8)9(13)12-16(2,14)15/h4-7H,1-2H3,(H,12,13)/t10-/m1/s1. The maximum absolute atomic E-state index is 14.1. The Kier molecular flexibility index (Phi) is 3.32. The molecule has 0 heterocycles. The Morgan fingerprint density at radius 2 is 1.94 bits per heavy atom. The van der Waals surface area contributed by atoms with Crippen LogP contribution in [0.4, 0.5) is 4.39 Å². The van der Waals surface area contributed by atoms with Gasteiger partial charge in [-0.05, 0) is 18.6 Å². The first kappa shape index (κ1) is 12.6. The van der Waals surface area contributed by atoms with E-state index < -0.39 is 21.6 Å². The van der Waals surface area contributed by atoms with Gasteiger partial charge in [-0.25, -0.2) is 12.8 Å². The SMILES string of the molecule is C[C@](F)(C(=O)NS(C)(=O)=O)c1cc[c]cc1. The molecule has 1 radical (unpaired) electrons. The second kappa shape index (κ2) is 4.21. The fourth-order valence-electron chi connectivity index (χ4n) is 1.10. The van der Waals surface area contributed by atoms with Crippen LogP contribution in [0.3, 0.4) is 0 Å². The van der Waals surface area contributed by atoms with Crippen molar-refractivity contribution in [3.8, 4) is 0 Å². The van der Waals surface area contributed by atoms with Gasteiger partial charge in [0, 0.05) is 0 Å². The molecule has 0 aromatic heterocycles. The molecule has 0 fully saturated rings. The molecule has 1 aromatic carbocycles. The Labute approximate surface area is 93.5 Å². The highest BCUT2D eigenvalue weighted by Crippen LogP contribution is 2.25. The van der Waals surface area contributed by atoms with Gasteiger partial charge in [-0.15, -0.1) is 0 Å². The van der Waals surface area contributed by atoms with Crippen molar-refractivity contribution in [2.75, 3.05) is 6.26 Å². The van der Waals surface area contributed by atoms with E-state index in [1.165, 1.54) is 24.3 Å². The summed E-state index contributed by atoms with van der Waals surface area (Å²) < 4.78 is 37.3. The van der Waals surface area contributed by atoms with Crippen LogP contribution >= 0.6 is 0 Å². The second-order valence-electron chi connectivity index (χ2n) is 3.49. The molecule has 16 heavy (non-hydrogen) atoms. The second-order valence-corrected chi connectivity index (χ2v) is 5.24. The molecular formula is C10H11FNO3S. The minimum absolute atomic E-state index is 0.0763. The van der Waals surface area contributed by atoms with E-state index in [1.54, 1.807) is 4.72 Å². The van der Waals surface area contributed by atoms with Crippen molar-refractivity contribution in [2.45, 2.75) is 12.6 Å². The Bertz CT molecular complexity index is 482. The predicted octanol–water partition coefficient (Wildman–Crippen LogP) is 0.747. The number of rotatable bonds is 3. The molecule has 0 aliphatic heterocycles. The molecule has 0 saturated heterocycles. The van der Waals surface area contributed by atoms with Gasteiger partial charge in [-0.1, -0.05) is 24.3 Å².